The monoisotopic (exact) mass is 410 g/mol. The molecule has 2 nitrogen and oxygen atoms in total. The third-order valence-corrected chi connectivity index (χ3v) is 6.47. The van der Waals surface area contributed by atoms with E-state index in [1.54, 1.807) is 0 Å². The van der Waals surface area contributed by atoms with Crippen molar-refractivity contribution < 1.29 is 0 Å². The highest BCUT2D eigenvalue weighted by molar-refractivity contribution is 6.63. The third-order valence-electron chi connectivity index (χ3n) is 6.47. The summed E-state index contributed by atoms with van der Waals surface area (Å²) in [6, 6.07) is 13.9. The molecule has 2 aliphatic rings. The van der Waals surface area contributed by atoms with E-state index in [-0.39, 0.29) is 10.8 Å². The summed E-state index contributed by atoms with van der Waals surface area (Å²) in [5.41, 5.74) is 12.8. The summed E-state index contributed by atoms with van der Waals surface area (Å²) < 4.78 is 0. The Kier molecular flexibility index (Phi) is 5.16. The Morgan fingerprint density at radius 1 is 0.677 bits per heavy atom. The average Bonchev–Trinajstić information content (AvgIpc) is 3.08. The lowest BCUT2D eigenvalue weighted by Gasteiger charge is -2.28. The average molecular weight is 411 g/mol. The maximum absolute atomic E-state index is 4.67. The van der Waals surface area contributed by atoms with Gasteiger partial charge in [-0.1, -0.05) is 90.1 Å². The van der Waals surface area contributed by atoms with E-state index >= 15 is 0 Å². The number of benzene rings is 2. The van der Waals surface area contributed by atoms with Crippen LogP contribution in [0.15, 0.2) is 64.1 Å². The molecule has 2 heteroatoms. The fraction of sp³-hybridized carbons (Fsp3) is 0.379. The molecule has 0 amide bonds. The summed E-state index contributed by atoms with van der Waals surface area (Å²) >= 11 is 0. The molecule has 0 aliphatic heterocycles. The minimum absolute atomic E-state index is 0.0250. The molecule has 160 valence electrons. The molecular formula is C29H34N2. The molecule has 0 radical (unpaired) electrons. The Balaban J connectivity index is 1.76. The normalized spacial score (nSPS) is 18.7. The molecule has 0 saturated carbocycles. The lowest BCUT2D eigenvalue weighted by molar-refractivity contribution is 0.525. The molecular weight excluding hydrogens is 376 g/mol. The predicted molar refractivity (Wildman–Crippen MR) is 136 cm³/mol. The lowest BCUT2D eigenvalue weighted by Crippen LogP contribution is -2.28. The Bertz CT molecular complexity index is 1170. The van der Waals surface area contributed by atoms with Crippen molar-refractivity contribution in [2.45, 2.75) is 53.4 Å². The molecule has 0 fully saturated rings. The van der Waals surface area contributed by atoms with Crippen LogP contribution in [-0.2, 0) is 11.8 Å². The van der Waals surface area contributed by atoms with E-state index in [0.717, 1.165) is 23.4 Å². The fourth-order valence-electron chi connectivity index (χ4n) is 4.72. The topological polar surface area (TPSA) is 24.7 Å². The molecule has 0 unspecified atom stereocenters. The quantitative estimate of drug-likeness (QED) is 0.383. The van der Waals surface area contributed by atoms with Gasteiger partial charge in [-0.25, -0.2) is 0 Å². The standard InChI is InChI=1S/C29H34N2/c1-28(2,3)21-10-12-23-20(17-21)16-19-15-18(9-11-22(19)23)24-13-14-25(29(4,5)6)27(31-8)26(24)30-7/h9-15,17H,16H2,1-8H3. The van der Waals surface area contributed by atoms with E-state index in [4.69, 9.17) is 0 Å². The Morgan fingerprint density at radius 3 is 1.87 bits per heavy atom. The van der Waals surface area contributed by atoms with Crippen molar-refractivity contribution >= 4 is 17.0 Å². The molecule has 2 aromatic rings. The number of hydrogen-bond acceptors (Lipinski definition) is 2. The van der Waals surface area contributed by atoms with E-state index in [9.17, 15) is 0 Å². The molecule has 2 aromatic carbocycles. The van der Waals surface area contributed by atoms with Crippen molar-refractivity contribution in [2.24, 2.45) is 15.4 Å². The van der Waals surface area contributed by atoms with Gasteiger partial charge in [0.1, 0.15) is 0 Å². The van der Waals surface area contributed by atoms with Gasteiger partial charge in [0.05, 0.1) is 11.4 Å². The van der Waals surface area contributed by atoms with E-state index < -0.39 is 0 Å². The van der Waals surface area contributed by atoms with Crippen LogP contribution in [0.3, 0.4) is 0 Å². The number of fused-ring (bicyclic) bond motifs is 3. The van der Waals surface area contributed by atoms with Crippen molar-refractivity contribution in [1.82, 2.24) is 0 Å². The van der Waals surface area contributed by atoms with Crippen molar-refractivity contribution in [1.29, 1.82) is 0 Å². The predicted octanol–water partition coefficient (Wildman–Crippen LogP) is 7.07. The number of allylic oxidation sites excluding steroid dienone is 4. The molecule has 0 heterocycles. The van der Waals surface area contributed by atoms with E-state index in [1.165, 1.54) is 39.0 Å². The number of rotatable bonds is 1. The molecule has 31 heavy (non-hydrogen) atoms. The van der Waals surface area contributed by atoms with Crippen LogP contribution in [0.25, 0.3) is 16.7 Å². The zero-order valence-corrected chi connectivity index (χ0v) is 20.2. The number of aliphatic imine (C=N–C) groups is 2. The first-order valence-corrected chi connectivity index (χ1v) is 11.2. The van der Waals surface area contributed by atoms with Gasteiger partial charge in [-0.15, -0.1) is 0 Å². The smallest absolute Gasteiger partial charge is 0.0904 e. The van der Waals surface area contributed by atoms with Gasteiger partial charge in [0.25, 0.3) is 0 Å². The Morgan fingerprint density at radius 2 is 1.29 bits per heavy atom. The maximum atomic E-state index is 4.67. The number of nitrogens with zero attached hydrogens (tertiary/aromatic N) is 2. The molecule has 0 atom stereocenters. The summed E-state index contributed by atoms with van der Waals surface area (Å²) in [6.07, 6.45) is 5.44. The van der Waals surface area contributed by atoms with Crippen molar-refractivity contribution in [2.75, 3.05) is 14.1 Å². The molecule has 0 N–H and O–H groups in total. The highest BCUT2D eigenvalue weighted by atomic mass is 14.8. The Hall–Kier alpha value is -2.74. The van der Waals surface area contributed by atoms with Crippen molar-refractivity contribution in [3.8, 4) is 11.1 Å². The van der Waals surface area contributed by atoms with Crippen LogP contribution in [0.5, 0.6) is 0 Å². The third kappa shape index (κ3) is 3.73. The summed E-state index contributed by atoms with van der Waals surface area (Å²) in [7, 11) is 3.74. The molecule has 0 bridgehead atoms. The van der Waals surface area contributed by atoms with E-state index in [1.807, 2.05) is 14.1 Å². The largest absolute Gasteiger partial charge is 0.286 e. The fourth-order valence-corrected chi connectivity index (χ4v) is 4.72. The summed E-state index contributed by atoms with van der Waals surface area (Å²) in [6.45, 7) is 13.5. The van der Waals surface area contributed by atoms with Gasteiger partial charge in [0.15, 0.2) is 0 Å². The summed E-state index contributed by atoms with van der Waals surface area (Å²) in [5.74, 6) is 0. The number of hydrogen-bond donors (Lipinski definition) is 0. The highest BCUT2D eigenvalue weighted by Crippen LogP contribution is 2.41. The van der Waals surface area contributed by atoms with Gasteiger partial charge in [-0.3, -0.25) is 9.98 Å². The van der Waals surface area contributed by atoms with Crippen LogP contribution < -0.4 is 0 Å². The zero-order chi connectivity index (χ0) is 22.6. The lowest BCUT2D eigenvalue weighted by atomic mass is 9.77. The second kappa shape index (κ2) is 7.44. The zero-order valence-electron chi connectivity index (χ0n) is 20.2. The first-order valence-electron chi connectivity index (χ1n) is 11.2. The molecule has 0 spiro atoms. The van der Waals surface area contributed by atoms with E-state index in [2.05, 4.69) is 100 Å². The Labute approximate surface area is 187 Å². The van der Waals surface area contributed by atoms with Gasteiger partial charge < -0.3 is 0 Å². The van der Waals surface area contributed by atoms with Crippen molar-refractivity contribution in [3.63, 3.8) is 0 Å². The first kappa shape index (κ1) is 21.5. The molecule has 0 saturated heterocycles. The molecule has 2 aliphatic carbocycles. The second-order valence-electron chi connectivity index (χ2n) is 10.7. The SMILES string of the molecule is CN=C1C(c2ccc3c(c2)Cc2cc(C(C)(C)C)ccc2-3)=CC=C(C(C)(C)C)C1=NC. The van der Waals surface area contributed by atoms with Crippen LogP contribution >= 0.6 is 0 Å². The highest BCUT2D eigenvalue weighted by Gasteiger charge is 2.30. The summed E-state index contributed by atoms with van der Waals surface area (Å²) in [4.78, 5) is 9.31. The van der Waals surface area contributed by atoms with Crippen LogP contribution in [0.4, 0.5) is 0 Å². The molecule has 0 aromatic heterocycles. The maximum Gasteiger partial charge on any atom is 0.0904 e. The van der Waals surface area contributed by atoms with Gasteiger partial charge in [0, 0.05) is 19.7 Å². The van der Waals surface area contributed by atoms with Crippen LogP contribution in [0.2, 0.25) is 0 Å². The van der Waals surface area contributed by atoms with Crippen LogP contribution in [0, 0.1) is 5.41 Å². The van der Waals surface area contributed by atoms with E-state index in [0.29, 0.717) is 0 Å². The van der Waals surface area contributed by atoms with Crippen LogP contribution in [0.1, 0.15) is 63.8 Å². The summed E-state index contributed by atoms with van der Waals surface area (Å²) in [5, 5.41) is 0. The molecule has 4 rings (SSSR count). The van der Waals surface area contributed by atoms with Gasteiger partial charge in [-0.2, -0.15) is 0 Å². The van der Waals surface area contributed by atoms with Crippen molar-refractivity contribution in [3.05, 3.63) is 76.4 Å². The van der Waals surface area contributed by atoms with Crippen LogP contribution in [-0.4, -0.2) is 25.5 Å². The van der Waals surface area contributed by atoms with Gasteiger partial charge in [0.2, 0.25) is 0 Å². The van der Waals surface area contributed by atoms with Gasteiger partial charge >= 0.3 is 0 Å². The second-order valence-corrected chi connectivity index (χ2v) is 10.7. The minimum Gasteiger partial charge on any atom is -0.286 e. The first-order chi connectivity index (χ1) is 14.5. The minimum atomic E-state index is 0.0250. The van der Waals surface area contributed by atoms with Gasteiger partial charge in [-0.05, 0) is 56.2 Å².